The molecule has 154 valence electrons. The molecular weight excluding hydrogens is 414 g/mol. The van der Waals surface area contributed by atoms with Crippen LogP contribution in [0.1, 0.15) is 34.1 Å². The van der Waals surface area contributed by atoms with Crippen molar-refractivity contribution in [3.63, 3.8) is 0 Å². The maximum atomic E-state index is 13.0. The monoisotopic (exact) mass is 429 g/mol. The lowest BCUT2D eigenvalue weighted by Gasteiger charge is -2.17. The number of carbonyl (C=O) groups excluding carboxylic acids is 1. The van der Waals surface area contributed by atoms with E-state index < -0.39 is 29.3 Å². The Hall–Kier alpha value is -3.72. The van der Waals surface area contributed by atoms with Crippen molar-refractivity contribution in [1.29, 1.82) is 0 Å². The van der Waals surface area contributed by atoms with Crippen LogP contribution in [0.4, 0.5) is 5.69 Å². The molecule has 30 heavy (non-hydrogen) atoms. The average molecular weight is 430 g/mol. The molecule has 0 unspecified atom stereocenters. The van der Waals surface area contributed by atoms with Crippen LogP contribution in [-0.2, 0) is 4.79 Å². The predicted octanol–water partition coefficient (Wildman–Crippen LogP) is 4.16. The maximum absolute atomic E-state index is 13.0. The summed E-state index contributed by atoms with van der Waals surface area (Å²) in [7, 11) is 0. The largest absolute Gasteiger partial charge is 0.481 e. The summed E-state index contributed by atoms with van der Waals surface area (Å²) in [4.78, 5) is 34.8. The molecule has 0 radical (unpaired) electrons. The first kappa shape index (κ1) is 21.0. The van der Waals surface area contributed by atoms with Gasteiger partial charge in [0.2, 0.25) is 0 Å². The highest BCUT2D eigenvalue weighted by molar-refractivity contribution is 6.33. The topological polar surface area (TPSA) is 136 Å². The Morgan fingerprint density at radius 1 is 1.27 bits per heavy atom. The molecule has 0 bridgehead atoms. The molecule has 0 aliphatic rings. The first-order chi connectivity index (χ1) is 14.3. The molecule has 3 aromatic rings. The van der Waals surface area contributed by atoms with Crippen molar-refractivity contribution in [2.45, 2.75) is 19.4 Å². The Balaban J connectivity index is 1.97. The number of amides is 1. The number of hydrogen-bond acceptors (Lipinski definition) is 6. The molecule has 0 fully saturated rings. The quantitative estimate of drug-likeness (QED) is 0.425. The van der Waals surface area contributed by atoms with Gasteiger partial charge in [0.15, 0.2) is 0 Å². The number of non-ortho nitro benzene ring substituents is 1. The lowest BCUT2D eigenvalue weighted by atomic mass is 10.0. The highest BCUT2D eigenvalue weighted by Gasteiger charge is 2.27. The van der Waals surface area contributed by atoms with Gasteiger partial charge in [0, 0.05) is 17.7 Å². The summed E-state index contributed by atoms with van der Waals surface area (Å²) in [5.74, 6) is -1.60. The minimum Gasteiger partial charge on any atom is -0.481 e. The normalized spacial score (nSPS) is 11.7. The van der Waals surface area contributed by atoms with Crippen LogP contribution in [0.5, 0.6) is 0 Å². The van der Waals surface area contributed by atoms with Crippen LogP contribution in [0.3, 0.4) is 0 Å². The lowest BCUT2D eigenvalue weighted by molar-refractivity contribution is -0.384. The molecular formula is C20H16ClN3O6. The second kappa shape index (κ2) is 8.75. The molecule has 0 spiro atoms. The van der Waals surface area contributed by atoms with Crippen molar-refractivity contribution in [2.75, 3.05) is 0 Å². The van der Waals surface area contributed by atoms with Crippen molar-refractivity contribution in [3.8, 4) is 11.3 Å². The van der Waals surface area contributed by atoms with Crippen LogP contribution in [0.2, 0.25) is 5.02 Å². The summed E-state index contributed by atoms with van der Waals surface area (Å²) in [5.41, 5.74) is 0.863. The zero-order valence-corrected chi connectivity index (χ0v) is 16.4. The van der Waals surface area contributed by atoms with E-state index in [0.717, 1.165) is 0 Å². The molecule has 0 saturated heterocycles. The summed E-state index contributed by atoms with van der Waals surface area (Å²) in [6.45, 7) is 1.54. The molecule has 0 aliphatic carbocycles. The van der Waals surface area contributed by atoms with E-state index in [4.69, 9.17) is 16.1 Å². The van der Waals surface area contributed by atoms with E-state index in [9.17, 15) is 24.8 Å². The minimum atomic E-state index is -1.18. The van der Waals surface area contributed by atoms with Gasteiger partial charge in [-0.1, -0.05) is 47.1 Å². The van der Waals surface area contributed by atoms with Crippen molar-refractivity contribution in [1.82, 2.24) is 10.5 Å². The molecule has 9 nitrogen and oxygen atoms in total. The van der Waals surface area contributed by atoms with Crippen LogP contribution >= 0.6 is 11.6 Å². The standard InChI is InChI=1S/C20H16ClN3O6/c1-11-18(19(23-30-11)14-7-2-3-8-15(14)21)20(27)22-16(10-17(25)26)12-5-4-6-13(9-12)24(28)29/h2-9,16H,10H2,1H3,(H,22,27)(H,25,26)/t16-/m0/s1. The zero-order chi connectivity index (χ0) is 21.8. The number of benzene rings is 2. The summed E-state index contributed by atoms with van der Waals surface area (Å²) in [6.07, 6.45) is -0.474. The number of aromatic nitrogens is 1. The molecule has 10 heteroatoms. The van der Waals surface area contributed by atoms with Gasteiger partial charge in [0.25, 0.3) is 11.6 Å². The van der Waals surface area contributed by atoms with Crippen LogP contribution in [-0.4, -0.2) is 27.1 Å². The van der Waals surface area contributed by atoms with E-state index in [2.05, 4.69) is 10.5 Å². The molecule has 1 heterocycles. The van der Waals surface area contributed by atoms with E-state index in [1.165, 1.54) is 24.3 Å². The van der Waals surface area contributed by atoms with Crippen molar-refractivity contribution in [2.24, 2.45) is 0 Å². The lowest BCUT2D eigenvalue weighted by Crippen LogP contribution is -2.30. The fourth-order valence-corrected chi connectivity index (χ4v) is 3.21. The van der Waals surface area contributed by atoms with Gasteiger partial charge < -0.3 is 14.9 Å². The molecule has 3 rings (SSSR count). The van der Waals surface area contributed by atoms with Crippen molar-refractivity contribution >= 4 is 29.2 Å². The summed E-state index contributed by atoms with van der Waals surface area (Å²) >= 11 is 6.21. The van der Waals surface area contributed by atoms with Crippen LogP contribution in [0.25, 0.3) is 11.3 Å². The van der Waals surface area contributed by atoms with Crippen molar-refractivity contribution in [3.05, 3.63) is 80.6 Å². The highest BCUT2D eigenvalue weighted by Crippen LogP contribution is 2.31. The Morgan fingerprint density at radius 2 is 2.00 bits per heavy atom. The minimum absolute atomic E-state index is 0.101. The first-order valence-electron chi connectivity index (χ1n) is 8.76. The summed E-state index contributed by atoms with van der Waals surface area (Å²) in [5, 5.41) is 27.2. The second-order valence-electron chi connectivity index (χ2n) is 6.42. The van der Waals surface area contributed by atoms with E-state index in [1.807, 2.05) is 0 Å². The number of carboxylic acid groups (broad SMARTS) is 1. The van der Waals surface area contributed by atoms with Gasteiger partial charge in [0.1, 0.15) is 17.0 Å². The number of nitro benzene ring substituents is 1. The van der Waals surface area contributed by atoms with Gasteiger partial charge in [-0.2, -0.15) is 0 Å². The molecule has 1 amide bonds. The van der Waals surface area contributed by atoms with Gasteiger partial charge in [-0.05, 0) is 18.6 Å². The Morgan fingerprint density at radius 3 is 2.67 bits per heavy atom. The number of rotatable bonds is 7. The van der Waals surface area contributed by atoms with Gasteiger partial charge in [-0.15, -0.1) is 0 Å². The number of aliphatic carboxylic acids is 1. The third kappa shape index (κ3) is 4.47. The Kier molecular flexibility index (Phi) is 6.12. The first-order valence-corrected chi connectivity index (χ1v) is 9.14. The fraction of sp³-hybridized carbons (Fsp3) is 0.150. The average Bonchev–Trinajstić information content (AvgIpc) is 3.09. The predicted molar refractivity (Wildman–Crippen MR) is 107 cm³/mol. The third-order valence-corrected chi connectivity index (χ3v) is 4.72. The SMILES string of the molecule is Cc1onc(-c2ccccc2Cl)c1C(=O)N[C@@H](CC(=O)O)c1cccc([N+](=O)[O-])c1. The molecule has 0 aliphatic heterocycles. The Labute approximate surface area is 175 Å². The number of nitrogens with zero attached hydrogens (tertiary/aromatic N) is 2. The maximum Gasteiger partial charge on any atom is 0.305 e. The smallest absolute Gasteiger partial charge is 0.305 e. The Bertz CT molecular complexity index is 1130. The second-order valence-corrected chi connectivity index (χ2v) is 6.83. The van der Waals surface area contributed by atoms with E-state index in [1.54, 1.807) is 31.2 Å². The summed E-state index contributed by atoms with van der Waals surface area (Å²) in [6, 6.07) is 11.2. The van der Waals surface area contributed by atoms with E-state index >= 15 is 0 Å². The zero-order valence-electron chi connectivity index (χ0n) is 15.7. The van der Waals surface area contributed by atoms with Gasteiger partial charge in [0.05, 0.1) is 22.4 Å². The van der Waals surface area contributed by atoms with E-state index in [0.29, 0.717) is 10.6 Å². The summed E-state index contributed by atoms with van der Waals surface area (Å²) < 4.78 is 5.17. The third-order valence-electron chi connectivity index (χ3n) is 4.39. The van der Waals surface area contributed by atoms with Crippen molar-refractivity contribution < 1.29 is 24.1 Å². The molecule has 2 aromatic carbocycles. The number of carboxylic acids is 1. The van der Waals surface area contributed by atoms with Gasteiger partial charge in [-0.25, -0.2) is 0 Å². The number of hydrogen-bond donors (Lipinski definition) is 2. The highest BCUT2D eigenvalue weighted by atomic mass is 35.5. The van der Waals surface area contributed by atoms with E-state index in [-0.39, 0.29) is 28.3 Å². The molecule has 2 N–H and O–H groups in total. The van der Waals surface area contributed by atoms with Crippen LogP contribution in [0.15, 0.2) is 53.1 Å². The van der Waals surface area contributed by atoms with Gasteiger partial charge >= 0.3 is 5.97 Å². The molecule has 1 atom stereocenters. The number of nitrogens with one attached hydrogen (secondary N) is 1. The number of carbonyl (C=O) groups is 2. The van der Waals surface area contributed by atoms with Crippen LogP contribution < -0.4 is 5.32 Å². The number of halogens is 1. The molecule has 0 saturated carbocycles. The number of aryl methyl sites for hydroxylation is 1. The van der Waals surface area contributed by atoms with Crippen LogP contribution in [0, 0.1) is 17.0 Å². The number of nitro groups is 1. The molecule has 1 aromatic heterocycles. The fourth-order valence-electron chi connectivity index (χ4n) is 2.99. The van der Waals surface area contributed by atoms with Gasteiger partial charge in [-0.3, -0.25) is 19.7 Å².